The predicted octanol–water partition coefficient (Wildman–Crippen LogP) is 33.2. The molecule has 30 rings (SSSR count). The first-order valence-electron chi connectivity index (χ1n) is 56.7. The van der Waals surface area contributed by atoms with Crippen LogP contribution in [0.2, 0.25) is 0 Å². The Morgan fingerprint density at radius 1 is 0.147 bits per heavy atom. The third-order valence-corrected chi connectivity index (χ3v) is 27.8. The number of benzene rings is 21. The van der Waals surface area contributed by atoms with E-state index >= 15 is 0 Å². The van der Waals surface area contributed by atoms with Crippen molar-refractivity contribution in [1.29, 1.82) is 0 Å². The van der Waals surface area contributed by atoms with Crippen LogP contribution in [0.15, 0.2) is 527 Å². The fraction of sp³-hybridized carbons (Fsp3) is 0. The molecule has 702 valence electrons. The number of fused-ring (bicyclic) bond motifs is 21. The number of aromatic nitrogens is 15. The van der Waals surface area contributed by atoms with Gasteiger partial charge in [-0.15, -0.1) is 0 Å². The fourth-order valence-electron chi connectivity index (χ4n) is 21.4. The Labute approximate surface area is 882 Å². The van der Waals surface area contributed by atoms with Gasteiger partial charge in [-0.05, 0) is 130 Å². The molecular formula is C135H87N15. The summed E-state index contributed by atoms with van der Waals surface area (Å²) in [7, 11) is 0. The Kier molecular flexibility index (Phi) is 17.9. The zero-order valence-electron chi connectivity index (χ0n) is 94.8. The van der Waals surface area contributed by atoms with Crippen molar-refractivity contribution in [1.82, 2.24) is 72.3 Å². The van der Waals surface area contributed by atoms with Gasteiger partial charge < -0.3 is 13.7 Å². The van der Waals surface area contributed by atoms with Crippen LogP contribution >= 0.6 is 0 Å². The molecule has 15 heteroatoms. The van der Waals surface area contributed by atoms with Gasteiger partial charge in [-0.2, -0.15) is 29.9 Å². The predicted molar refractivity (Wildman–Crippen MR) is 614 cm³/mol. The van der Waals surface area contributed by atoms with Crippen molar-refractivity contribution in [3.8, 4) is 137 Å². The molecular weight excluding hydrogens is 1830 g/mol. The van der Waals surface area contributed by atoms with E-state index in [-0.39, 0.29) is 88.3 Å². The van der Waals surface area contributed by atoms with Crippen molar-refractivity contribution in [2.75, 3.05) is 0 Å². The number of hydrogen-bond acceptors (Lipinski definition) is 9. The molecule has 15 nitrogen and oxygen atoms in total. The van der Waals surface area contributed by atoms with E-state index < -0.39 is 54.4 Å². The van der Waals surface area contributed by atoms with Crippen LogP contribution in [0, 0.1) is 0 Å². The van der Waals surface area contributed by atoms with Crippen LogP contribution < -0.4 is 0 Å². The highest BCUT2D eigenvalue weighted by Crippen LogP contribution is 2.48. The summed E-state index contributed by atoms with van der Waals surface area (Å²) in [5, 5.41) is 12.7. The summed E-state index contributed by atoms with van der Waals surface area (Å²) in [4.78, 5) is 44.8. The van der Waals surface area contributed by atoms with Crippen molar-refractivity contribution in [3.05, 3.63) is 527 Å². The third kappa shape index (κ3) is 15.1. The second-order valence-electron chi connectivity index (χ2n) is 36.3. The summed E-state index contributed by atoms with van der Waals surface area (Å²) < 4.78 is 142. The first kappa shape index (κ1) is 72.7. The molecule has 0 radical (unpaired) electrons. The molecule has 0 saturated heterocycles. The van der Waals surface area contributed by atoms with Crippen LogP contribution in [0.4, 0.5) is 0 Å². The summed E-state index contributed by atoms with van der Waals surface area (Å²) in [6.45, 7) is 0. The summed E-state index contributed by atoms with van der Waals surface area (Å²) >= 11 is 0. The maximum absolute atomic E-state index is 8.90. The van der Waals surface area contributed by atoms with Gasteiger partial charge in [-0.3, -0.25) is 13.7 Å². The molecule has 0 bridgehead atoms. The number of rotatable bonds is 15. The Morgan fingerprint density at radius 2 is 0.400 bits per heavy atom. The monoisotopic (exact) mass is 1930 g/mol. The van der Waals surface area contributed by atoms with Crippen LogP contribution in [0.3, 0.4) is 0 Å². The van der Waals surface area contributed by atoms with Crippen molar-refractivity contribution in [2.24, 2.45) is 0 Å². The maximum Gasteiger partial charge on any atom is 0.238 e. The lowest BCUT2D eigenvalue weighted by Crippen LogP contribution is -2.06. The zero-order chi connectivity index (χ0) is 112. The lowest BCUT2D eigenvalue weighted by Gasteiger charge is -2.13. The van der Waals surface area contributed by atoms with Crippen molar-refractivity contribution >= 4 is 131 Å². The highest BCUT2D eigenvalue weighted by Gasteiger charge is 2.30. The van der Waals surface area contributed by atoms with E-state index in [2.05, 4.69) is 177 Å². The first-order valence-corrected chi connectivity index (χ1v) is 49.2. The van der Waals surface area contributed by atoms with Crippen LogP contribution in [-0.4, -0.2) is 72.3 Å². The number of para-hydroxylation sites is 9. The number of hydrogen-bond donors (Lipinski definition) is 0. The van der Waals surface area contributed by atoms with E-state index in [0.29, 0.717) is 34.2 Å². The van der Waals surface area contributed by atoms with E-state index in [1.165, 1.54) is 0 Å². The lowest BCUT2D eigenvalue weighted by molar-refractivity contribution is 0.953. The standard InChI is InChI=1S/3C45H29N5/c1-4-15-30(16-5-1)32-19-14-20-33(29-32)44-46-43(31-17-6-2-7-18-31)47-45(48-44)50-39-26-13-11-24-37(39)41-40(50)28-27-36-35-23-10-12-25-38(35)49(42(36)41)34-21-8-3-9-22-34;1-4-14-30(15-5-1)31-24-26-33(27-25-31)44-46-43(32-16-6-2-7-17-32)47-45(48-44)50-39-23-13-11-21-37(39)41-40(50)29-28-36-35-20-10-12-22-38(35)49(42(36)41)34-18-8-3-9-19-34;1-4-16-30(17-5-1)33-22-10-11-24-36(33)44-46-43(31-18-6-2-7-19-31)47-45(48-44)50-39-27-15-13-25-37(39)41-40(50)29-28-35-34-23-12-14-26-38(34)49(42(35)41)32-20-8-3-9-21-32/h3*1-29H/i2D,6D,7D,17D,18D;2D,6D,7D,16D,17D;2D,6D,7D,18D,19D. The molecule has 0 aliphatic heterocycles. The Morgan fingerprint density at radius 3 is 0.767 bits per heavy atom. The van der Waals surface area contributed by atoms with Gasteiger partial charge in [0.25, 0.3) is 0 Å². The van der Waals surface area contributed by atoms with Crippen LogP contribution in [-0.2, 0) is 0 Å². The van der Waals surface area contributed by atoms with E-state index in [0.717, 1.165) is 181 Å². The van der Waals surface area contributed by atoms with E-state index in [1.807, 2.05) is 287 Å². The van der Waals surface area contributed by atoms with Gasteiger partial charge in [-0.25, -0.2) is 15.0 Å². The van der Waals surface area contributed by atoms with Gasteiger partial charge in [0.1, 0.15) is 0 Å². The van der Waals surface area contributed by atoms with Crippen molar-refractivity contribution in [3.63, 3.8) is 0 Å². The lowest BCUT2D eigenvalue weighted by atomic mass is 9.99. The second kappa shape index (κ2) is 37.0. The second-order valence-corrected chi connectivity index (χ2v) is 36.3. The summed E-state index contributed by atoms with van der Waals surface area (Å²) in [6.07, 6.45) is 0. The molecule has 0 spiro atoms. The molecule has 0 amide bonds. The largest absolute Gasteiger partial charge is 0.309 e. The minimum atomic E-state index is -0.483. The van der Waals surface area contributed by atoms with Gasteiger partial charge in [0.15, 0.2) is 34.9 Å². The molecule has 21 aromatic carbocycles. The molecule has 0 aliphatic rings. The summed E-state index contributed by atoms with van der Waals surface area (Å²) in [5.74, 6) is 1.61. The highest BCUT2D eigenvalue weighted by molar-refractivity contribution is 6.29. The summed E-state index contributed by atoms with van der Waals surface area (Å²) in [5.41, 5.74) is 22.2. The fourth-order valence-corrected chi connectivity index (χ4v) is 21.4. The van der Waals surface area contributed by atoms with Crippen LogP contribution in [0.5, 0.6) is 0 Å². The minimum Gasteiger partial charge on any atom is -0.309 e. The van der Waals surface area contributed by atoms with Gasteiger partial charge in [0.05, 0.1) is 86.8 Å². The topological polar surface area (TPSA) is 146 Å². The number of nitrogens with zero attached hydrogens (tertiary/aromatic N) is 15. The molecule has 0 aliphatic carbocycles. The molecule has 0 saturated carbocycles. The van der Waals surface area contributed by atoms with Gasteiger partial charge in [0.2, 0.25) is 17.8 Å². The van der Waals surface area contributed by atoms with Crippen molar-refractivity contribution < 1.29 is 20.6 Å². The average molecular weight is 1930 g/mol. The van der Waals surface area contributed by atoms with Gasteiger partial charge in [-0.1, -0.05) is 430 Å². The maximum atomic E-state index is 8.90. The molecule has 30 aromatic rings. The van der Waals surface area contributed by atoms with Crippen molar-refractivity contribution in [2.45, 2.75) is 0 Å². The van der Waals surface area contributed by atoms with Gasteiger partial charge in [0, 0.05) is 115 Å². The third-order valence-electron chi connectivity index (χ3n) is 27.8. The smallest absolute Gasteiger partial charge is 0.238 e. The quantitative estimate of drug-likeness (QED) is 0.0979. The molecule has 0 fully saturated rings. The Hall–Kier alpha value is -20.6. The first-order chi connectivity index (χ1) is 80.7. The Balaban J connectivity index is 0.000000116. The normalized spacial score (nSPS) is 13.0. The van der Waals surface area contributed by atoms with E-state index in [1.54, 1.807) is 0 Å². The van der Waals surface area contributed by atoms with Gasteiger partial charge >= 0.3 is 0 Å². The minimum absolute atomic E-state index is 0.0189. The molecule has 9 heterocycles. The van der Waals surface area contributed by atoms with E-state index in [4.69, 9.17) is 65.4 Å². The van der Waals surface area contributed by atoms with E-state index in [9.17, 15) is 0 Å². The Bertz CT molecular complexity index is 11400. The molecule has 9 aromatic heterocycles. The molecule has 150 heavy (non-hydrogen) atoms. The SMILES string of the molecule is [2H]c1c([2H])c([2H])c(-c2nc(-c3ccc(-c4ccccc4)cc3)nc(-n3c4ccccc4c4c3ccc3c5ccccc5n(-c5ccccc5)c34)n2)c([2H])c1[2H].[2H]c1c([2H])c([2H])c(-c2nc(-c3cccc(-c4ccccc4)c3)nc(-n3c4ccccc4c4c3ccc3c5ccccc5n(-c5ccccc5)c34)n2)c([2H])c1[2H].[2H]c1c([2H])c([2H])c(-c2nc(-c3ccccc3-c3ccccc3)nc(-n3c4ccccc4c4c3ccc3c5ccccc5n(-c5ccccc5)c34)n2)c([2H])c1[2H]. The molecule has 0 unspecified atom stereocenters. The zero-order valence-corrected chi connectivity index (χ0v) is 79.8. The summed E-state index contributed by atoms with van der Waals surface area (Å²) in [6, 6.07) is 140. The molecule has 0 atom stereocenters. The molecule has 0 N–H and O–H groups in total. The highest BCUT2D eigenvalue weighted by atomic mass is 15.2. The van der Waals surface area contributed by atoms with Crippen LogP contribution in [0.25, 0.3) is 267 Å². The average Bonchev–Trinajstić information content (AvgIpc) is 1.55. The van der Waals surface area contributed by atoms with Crippen LogP contribution in [0.1, 0.15) is 20.6 Å².